The molecular weight excluding hydrogens is 380 g/mol. The highest BCUT2D eigenvalue weighted by Gasteiger charge is 2.14. The zero-order chi connectivity index (χ0) is 19.9. The highest BCUT2D eigenvalue weighted by Crippen LogP contribution is 2.24. The number of aryl methyl sites for hydroxylation is 1. The molecule has 0 fully saturated rings. The molecule has 5 nitrogen and oxygen atoms in total. The zero-order valence-corrected chi connectivity index (χ0v) is 17.5. The number of rotatable bonds is 9. The molecule has 0 unspecified atom stereocenters. The van der Waals surface area contributed by atoms with Gasteiger partial charge in [-0.15, -0.1) is 11.8 Å². The van der Waals surface area contributed by atoms with E-state index >= 15 is 0 Å². The molecule has 1 amide bonds. The van der Waals surface area contributed by atoms with Gasteiger partial charge in [-0.1, -0.05) is 38.1 Å². The number of anilines is 1. The van der Waals surface area contributed by atoms with Gasteiger partial charge in [-0.25, -0.2) is 13.1 Å². The summed E-state index contributed by atoms with van der Waals surface area (Å²) in [7, 11) is -3.48. The number of sulfonamides is 1. The molecule has 0 aliphatic rings. The Balaban J connectivity index is 1.92. The minimum Gasteiger partial charge on any atom is -0.325 e. The maximum absolute atomic E-state index is 12.2. The summed E-state index contributed by atoms with van der Waals surface area (Å²) in [6.07, 6.45) is 2.85. The molecule has 0 aliphatic carbocycles. The van der Waals surface area contributed by atoms with E-state index in [2.05, 4.69) is 10.0 Å². The molecule has 146 valence electrons. The number of para-hydroxylation sites is 1. The quantitative estimate of drug-likeness (QED) is 0.619. The lowest BCUT2D eigenvalue weighted by Crippen LogP contribution is -2.27. The molecule has 27 heavy (non-hydrogen) atoms. The molecule has 0 spiro atoms. The fourth-order valence-corrected chi connectivity index (χ4v) is 4.18. The minimum absolute atomic E-state index is 0.0631. The maximum atomic E-state index is 12.2. The van der Waals surface area contributed by atoms with Crippen LogP contribution in [0.25, 0.3) is 0 Å². The minimum atomic E-state index is -3.48. The van der Waals surface area contributed by atoms with Crippen LogP contribution in [0.5, 0.6) is 0 Å². The van der Waals surface area contributed by atoms with Crippen LogP contribution in [0.4, 0.5) is 5.69 Å². The van der Waals surface area contributed by atoms with E-state index < -0.39 is 10.0 Å². The number of thioether (sulfide) groups is 1. The van der Waals surface area contributed by atoms with Gasteiger partial charge in [-0.2, -0.15) is 0 Å². The largest absolute Gasteiger partial charge is 0.325 e. The number of hydrogen-bond acceptors (Lipinski definition) is 4. The van der Waals surface area contributed by atoms with Gasteiger partial charge in [0.15, 0.2) is 0 Å². The summed E-state index contributed by atoms with van der Waals surface area (Å²) in [4.78, 5) is 13.5. The van der Waals surface area contributed by atoms with Crippen molar-refractivity contribution in [3.8, 4) is 0 Å². The predicted octanol–water partition coefficient (Wildman–Crippen LogP) is 3.91. The van der Waals surface area contributed by atoms with Gasteiger partial charge < -0.3 is 5.32 Å². The van der Waals surface area contributed by atoms with E-state index in [-0.39, 0.29) is 16.7 Å². The van der Waals surface area contributed by atoms with E-state index in [1.54, 1.807) is 36.0 Å². The van der Waals surface area contributed by atoms with Crippen molar-refractivity contribution in [2.24, 2.45) is 5.92 Å². The summed E-state index contributed by atoms with van der Waals surface area (Å²) in [5.74, 6) is 0.181. The van der Waals surface area contributed by atoms with Crippen molar-refractivity contribution in [2.45, 2.75) is 36.5 Å². The molecule has 0 bridgehead atoms. The second kappa shape index (κ2) is 9.92. The predicted molar refractivity (Wildman–Crippen MR) is 112 cm³/mol. The standard InChI is InChI=1S/C20H26N2O3S2/c1-15(2)14-21-27(24,25)17-11-8-16(9-12-17)10-13-20(23)22-18-6-4-5-7-19(18)26-3/h4-9,11-12,15,21H,10,13-14H2,1-3H3,(H,22,23). The van der Waals surface area contributed by atoms with Crippen LogP contribution in [0.2, 0.25) is 0 Å². The Bertz CT molecular complexity index is 863. The number of benzene rings is 2. The molecular formula is C20H26N2O3S2. The lowest BCUT2D eigenvalue weighted by Gasteiger charge is -2.10. The Labute approximate surface area is 166 Å². The third kappa shape index (κ3) is 6.68. The van der Waals surface area contributed by atoms with Crippen LogP contribution in [0.15, 0.2) is 58.3 Å². The number of nitrogens with one attached hydrogen (secondary N) is 2. The van der Waals surface area contributed by atoms with Crippen LogP contribution >= 0.6 is 11.8 Å². The third-order valence-electron chi connectivity index (χ3n) is 3.94. The topological polar surface area (TPSA) is 75.3 Å². The van der Waals surface area contributed by atoms with Crippen LogP contribution in [0.1, 0.15) is 25.8 Å². The second-order valence-electron chi connectivity index (χ2n) is 6.64. The molecule has 2 rings (SSSR count). The second-order valence-corrected chi connectivity index (χ2v) is 9.25. The summed E-state index contributed by atoms with van der Waals surface area (Å²) in [5, 5.41) is 2.93. The Morgan fingerprint density at radius 3 is 2.37 bits per heavy atom. The van der Waals surface area contributed by atoms with E-state index in [1.165, 1.54) is 0 Å². The van der Waals surface area contributed by atoms with Crippen molar-refractivity contribution in [3.63, 3.8) is 0 Å². The molecule has 7 heteroatoms. The number of amides is 1. The van der Waals surface area contributed by atoms with E-state index in [4.69, 9.17) is 0 Å². The first-order valence-corrected chi connectivity index (χ1v) is 11.5. The van der Waals surface area contributed by atoms with Crippen LogP contribution in [-0.2, 0) is 21.2 Å². The van der Waals surface area contributed by atoms with Gasteiger partial charge in [0, 0.05) is 17.9 Å². The first-order valence-electron chi connectivity index (χ1n) is 8.83. The van der Waals surface area contributed by atoms with Crippen LogP contribution in [-0.4, -0.2) is 27.1 Å². The molecule has 2 aromatic carbocycles. The van der Waals surface area contributed by atoms with Crippen molar-refractivity contribution < 1.29 is 13.2 Å². The van der Waals surface area contributed by atoms with Gasteiger partial charge in [-0.3, -0.25) is 4.79 Å². The molecule has 0 saturated heterocycles. The Hall–Kier alpha value is -1.83. The number of carbonyl (C=O) groups is 1. The smallest absolute Gasteiger partial charge is 0.240 e. The maximum Gasteiger partial charge on any atom is 0.240 e. The van der Waals surface area contributed by atoms with Gasteiger partial charge in [0.25, 0.3) is 0 Å². The molecule has 0 radical (unpaired) electrons. The molecule has 0 heterocycles. The van der Waals surface area contributed by atoms with Gasteiger partial charge in [0.2, 0.25) is 15.9 Å². The van der Waals surface area contributed by atoms with Gasteiger partial charge >= 0.3 is 0 Å². The average Bonchev–Trinajstić information content (AvgIpc) is 2.65. The van der Waals surface area contributed by atoms with Crippen molar-refractivity contribution in [1.29, 1.82) is 0 Å². The van der Waals surface area contributed by atoms with Crippen molar-refractivity contribution in [1.82, 2.24) is 4.72 Å². The molecule has 0 atom stereocenters. The van der Waals surface area contributed by atoms with Crippen molar-refractivity contribution >= 4 is 33.4 Å². The van der Waals surface area contributed by atoms with Crippen LogP contribution in [0, 0.1) is 5.92 Å². The molecule has 0 aromatic heterocycles. The van der Waals surface area contributed by atoms with E-state index in [0.29, 0.717) is 19.4 Å². The lowest BCUT2D eigenvalue weighted by molar-refractivity contribution is -0.116. The van der Waals surface area contributed by atoms with Crippen LogP contribution in [0.3, 0.4) is 0 Å². The highest BCUT2D eigenvalue weighted by molar-refractivity contribution is 7.98. The third-order valence-corrected chi connectivity index (χ3v) is 6.17. The summed E-state index contributed by atoms with van der Waals surface area (Å²) in [5.41, 5.74) is 1.73. The van der Waals surface area contributed by atoms with Gasteiger partial charge in [0.05, 0.1) is 10.6 Å². The highest BCUT2D eigenvalue weighted by atomic mass is 32.2. The molecule has 2 N–H and O–H groups in total. The SMILES string of the molecule is CSc1ccccc1NC(=O)CCc1ccc(S(=O)(=O)NCC(C)C)cc1. The Morgan fingerprint density at radius 2 is 1.74 bits per heavy atom. The van der Waals surface area contributed by atoms with E-state index in [0.717, 1.165) is 16.1 Å². The first kappa shape index (κ1) is 21.5. The van der Waals surface area contributed by atoms with Crippen molar-refractivity contribution in [2.75, 3.05) is 18.1 Å². The van der Waals surface area contributed by atoms with E-state index in [9.17, 15) is 13.2 Å². The monoisotopic (exact) mass is 406 g/mol. The summed E-state index contributed by atoms with van der Waals surface area (Å²) < 4.78 is 27.0. The Kier molecular flexibility index (Phi) is 7.89. The van der Waals surface area contributed by atoms with Crippen LogP contribution < -0.4 is 10.0 Å². The number of carbonyl (C=O) groups excluding carboxylic acids is 1. The first-order chi connectivity index (χ1) is 12.8. The number of hydrogen-bond donors (Lipinski definition) is 2. The van der Waals surface area contributed by atoms with E-state index in [1.807, 2.05) is 44.4 Å². The fourth-order valence-electron chi connectivity index (χ4n) is 2.41. The zero-order valence-electron chi connectivity index (χ0n) is 15.9. The van der Waals surface area contributed by atoms with Gasteiger partial charge in [-0.05, 0) is 48.4 Å². The summed E-state index contributed by atoms with van der Waals surface area (Å²) >= 11 is 1.58. The fraction of sp³-hybridized carbons (Fsp3) is 0.350. The summed E-state index contributed by atoms with van der Waals surface area (Å²) in [6.45, 7) is 4.31. The molecule has 0 saturated carbocycles. The molecule has 0 aliphatic heterocycles. The van der Waals surface area contributed by atoms with Crippen molar-refractivity contribution in [3.05, 3.63) is 54.1 Å². The van der Waals surface area contributed by atoms with Gasteiger partial charge in [0.1, 0.15) is 0 Å². The lowest BCUT2D eigenvalue weighted by atomic mass is 10.1. The molecule has 2 aromatic rings. The average molecular weight is 407 g/mol. The Morgan fingerprint density at radius 1 is 1.07 bits per heavy atom. The normalized spacial score (nSPS) is 11.6. The summed E-state index contributed by atoms with van der Waals surface area (Å²) in [6, 6.07) is 14.4.